The Morgan fingerprint density at radius 3 is 1.70 bits per heavy atom. The smallest absolute Gasteiger partial charge is 0.266 e. The molecule has 0 spiro atoms. The molecule has 1 heterocycles. The van der Waals surface area contributed by atoms with Gasteiger partial charge in [-0.25, -0.2) is 0 Å². The normalized spacial score (nSPS) is 14.8. The number of rotatable bonds is 3. The van der Waals surface area contributed by atoms with E-state index in [0.29, 0.717) is 27.3 Å². The van der Waals surface area contributed by atoms with Crippen molar-refractivity contribution in [3.63, 3.8) is 0 Å². The molecule has 1 aliphatic heterocycles. The molecular weight excluding hydrogens is 314 g/mol. The van der Waals surface area contributed by atoms with Crippen molar-refractivity contribution in [2.45, 2.75) is 6.92 Å². The molecule has 0 radical (unpaired) electrons. The molecule has 4 nitrogen and oxygen atoms in total. The van der Waals surface area contributed by atoms with E-state index in [1.807, 2.05) is 31.2 Å². The largest absolute Gasteiger partial charge is 0.286 e. The minimum absolute atomic E-state index is 0.317. The molecule has 3 rings (SSSR count). The average Bonchev–Trinajstić information content (AvgIpc) is 2.79. The number of benzene rings is 2. The van der Waals surface area contributed by atoms with Crippen molar-refractivity contribution in [3.8, 4) is 0 Å². The van der Waals surface area contributed by atoms with E-state index in [1.165, 1.54) is 7.11 Å². The first-order chi connectivity index (χ1) is 11.0. The second-order valence-electron chi connectivity index (χ2n) is 5.21. The van der Waals surface area contributed by atoms with Crippen LogP contribution in [-0.2, 0) is 14.4 Å². The zero-order chi connectivity index (χ0) is 16.6. The van der Waals surface area contributed by atoms with Crippen molar-refractivity contribution in [1.29, 1.82) is 0 Å². The zero-order valence-electron chi connectivity index (χ0n) is 12.7. The summed E-state index contributed by atoms with van der Waals surface area (Å²) in [7, 11) is 1.30. The van der Waals surface area contributed by atoms with E-state index in [0.717, 1.165) is 10.6 Å². The Bertz CT molecular complexity index is 740. The number of halogens is 1. The van der Waals surface area contributed by atoms with Gasteiger partial charge in [-0.2, -0.15) is 0 Å². The third kappa shape index (κ3) is 2.67. The molecule has 0 N–H and O–H groups in total. The lowest BCUT2D eigenvalue weighted by molar-refractivity contribution is -0.176. The van der Waals surface area contributed by atoms with Gasteiger partial charge in [0.2, 0.25) is 0 Å². The minimum Gasteiger partial charge on any atom is -0.266 e. The molecular formula is C18H14ClNO3. The molecule has 2 amide bonds. The summed E-state index contributed by atoms with van der Waals surface area (Å²) in [5.74, 6) is -0.943. The van der Waals surface area contributed by atoms with E-state index in [2.05, 4.69) is 0 Å². The lowest BCUT2D eigenvalue weighted by Crippen LogP contribution is -2.30. The van der Waals surface area contributed by atoms with E-state index in [9.17, 15) is 9.59 Å². The van der Waals surface area contributed by atoms with Crippen LogP contribution in [0.4, 0.5) is 0 Å². The summed E-state index contributed by atoms with van der Waals surface area (Å²) in [5, 5.41) is 1.34. The molecule has 0 fully saturated rings. The van der Waals surface area contributed by atoms with Crippen LogP contribution in [-0.4, -0.2) is 24.0 Å². The van der Waals surface area contributed by atoms with Gasteiger partial charge in [0.15, 0.2) is 0 Å². The van der Waals surface area contributed by atoms with Gasteiger partial charge in [-0.3, -0.25) is 14.4 Å². The van der Waals surface area contributed by atoms with Crippen LogP contribution in [0.1, 0.15) is 16.7 Å². The van der Waals surface area contributed by atoms with E-state index in [-0.39, 0.29) is 0 Å². The molecule has 0 saturated carbocycles. The van der Waals surface area contributed by atoms with Gasteiger partial charge in [0.05, 0.1) is 18.3 Å². The third-order valence-electron chi connectivity index (χ3n) is 3.70. The Hall–Kier alpha value is -2.43. The number of nitrogens with zero attached hydrogens (tertiary/aromatic N) is 1. The molecule has 2 aromatic rings. The second kappa shape index (κ2) is 5.99. The van der Waals surface area contributed by atoms with Crippen LogP contribution in [0.5, 0.6) is 0 Å². The number of hydrogen-bond acceptors (Lipinski definition) is 3. The van der Waals surface area contributed by atoms with Gasteiger partial charge in [-0.15, -0.1) is 5.06 Å². The quantitative estimate of drug-likeness (QED) is 0.811. The molecule has 0 unspecified atom stereocenters. The van der Waals surface area contributed by atoms with Crippen LogP contribution in [0.15, 0.2) is 48.5 Å². The Morgan fingerprint density at radius 2 is 1.26 bits per heavy atom. The Labute approximate surface area is 138 Å². The molecule has 23 heavy (non-hydrogen) atoms. The van der Waals surface area contributed by atoms with Crippen molar-refractivity contribution in [1.82, 2.24) is 5.06 Å². The molecule has 1 aliphatic rings. The van der Waals surface area contributed by atoms with Crippen LogP contribution in [0.3, 0.4) is 0 Å². The number of hydrogen-bond donors (Lipinski definition) is 0. The van der Waals surface area contributed by atoms with Gasteiger partial charge < -0.3 is 0 Å². The monoisotopic (exact) mass is 327 g/mol. The highest BCUT2D eigenvalue weighted by atomic mass is 35.5. The molecule has 0 atom stereocenters. The van der Waals surface area contributed by atoms with Crippen LogP contribution in [0.25, 0.3) is 11.1 Å². The van der Waals surface area contributed by atoms with Gasteiger partial charge in [0, 0.05) is 5.02 Å². The molecule has 116 valence electrons. The number of hydroxylamine groups is 2. The van der Waals surface area contributed by atoms with E-state index in [4.69, 9.17) is 16.4 Å². The summed E-state index contributed by atoms with van der Waals surface area (Å²) >= 11 is 5.91. The van der Waals surface area contributed by atoms with Crippen molar-refractivity contribution in [3.05, 3.63) is 70.2 Å². The summed E-state index contributed by atoms with van der Waals surface area (Å²) in [6.45, 7) is 1.96. The molecule has 0 aromatic heterocycles. The maximum atomic E-state index is 12.6. The van der Waals surface area contributed by atoms with Gasteiger partial charge in [-0.05, 0) is 30.2 Å². The standard InChI is InChI=1S/C18H14ClNO3/c1-11-3-5-12(6-4-11)15-16(13-7-9-14(19)10-8-13)18(22)20(23-2)17(15)21/h3-10H,1-2H3. The highest BCUT2D eigenvalue weighted by molar-refractivity contribution is 6.48. The molecule has 5 heteroatoms. The SMILES string of the molecule is CON1C(=O)C(c2ccc(C)cc2)=C(c2ccc(Cl)cc2)C1=O. The Balaban J connectivity index is 2.22. The van der Waals surface area contributed by atoms with Gasteiger partial charge in [0.1, 0.15) is 0 Å². The first-order valence-electron chi connectivity index (χ1n) is 7.03. The summed E-state index contributed by atoms with van der Waals surface area (Å²) < 4.78 is 0. The van der Waals surface area contributed by atoms with Crippen molar-refractivity contribution in [2.75, 3.05) is 7.11 Å². The van der Waals surface area contributed by atoms with E-state index < -0.39 is 11.8 Å². The summed E-state index contributed by atoms with van der Waals surface area (Å²) in [6.07, 6.45) is 0. The third-order valence-corrected chi connectivity index (χ3v) is 3.95. The minimum atomic E-state index is -0.476. The highest BCUT2D eigenvalue weighted by Gasteiger charge is 2.40. The maximum Gasteiger partial charge on any atom is 0.286 e. The van der Waals surface area contributed by atoms with E-state index >= 15 is 0 Å². The second-order valence-corrected chi connectivity index (χ2v) is 5.65. The number of amides is 2. The summed E-state index contributed by atoms with van der Waals surface area (Å²) in [5.41, 5.74) is 3.03. The number of carbonyl (C=O) groups is 2. The lowest BCUT2D eigenvalue weighted by atomic mass is 9.96. The highest BCUT2D eigenvalue weighted by Crippen LogP contribution is 2.36. The molecule has 0 aliphatic carbocycles. The van der Waals surface area contributed by atoms with Crippen LogP contribution < -0.4 is 0 Å². The maximum absolute atomic E-state index is 12.6. The fourth-order valence-corrected chi connectivity index (χ4v) is 2.67. The summed E-state index contributed by atoms with van der Waals surface area (Å²) in [6, 6.07) is 14.3. The predicted molar refractivity (Wildman–Crippen MR) is 88.3 cm³/mol. The van der Waals surface area contributed by atoms with Crippen LogP contribution in [0.2, 0.25) is 5.02 Å². The number of imide groups is 1. The van der Waals surface area contributed by atoms with Crippen LogP contribution in [0, 0.1) is 6.92 Å². The first-order valence-corrected chi connectivity index (χ1v) is 7.41. The fraction of sp³-hybridized carbons (Fsp3) is 0.111. The number of carbonyl (C=O) groups excluding carboxylic acids is 2. The fourth-order valence-electron chi connectivity index (χ4n) is 2.55. The predicted octanol–water partition coefficient (Wildman–Crippen LogP) is 3.49. The molecule has 0 bridgehead atoms. The first kappa shape index (κ1) is 15.5. The Kier molecular flexibility index (Phi) is 4.03. The van der Waals surface area contributed by atoms with E-state index in [1.54, 1.807) is 24.3 Å². The van der Waals surface area contributed by atoms with Gasteiger partial charge >= 0.3 is 0 Å². The lowest BCUT2D eigenvalue weighted by Gasteiger charge is -2.10. The van der Waals surface area contributed by atoms with Crippen LogP contribution >= 0.6 is 11.6 Å². The van der Waals surface area contributed by atoms with Gasteiger partial charge in [-0.1, -0.05) is 53.6 Å². The van der Waals surface area contributed by atoms with Crippen molar-refractivity contribution >= 4 is 34.6 Å². The van der Waals surface area contributed by atoms with Crippen molar-refractivity contribution < 1.29 is 14.4 Å². The number of aryl methyl sites for hydroxylation is 1. The van der Waals surface area contributed by atoms with Crippen molar-refractivity contribution in [2.24, 2.45) is 0 Å². The molecule has 2 aromatic carbocycles. The Morgan fingerprint density at radius 1 is 0.826 bits per heavy atom. The average molecular weight is 328 g/mol. The zero-order valence-corrected chi connectivity index (χ0v) is 13.4. The topological polar surface area (TPSA) is 46.6 Å². The van der Waals surface area contributed by atoms with Gasteiger partial charge in [0.25, 0.3) is 11.8 Å². The molecule has 0 saturated heterocycles. The summed E-state index contributed by atoms with van der Waals surface area (Å²) in [4.78, 5) is 30.1.